The van der Waals surface area contributed by atoms with Crippen LogP contribution in [0.5, 0.6) is 0 Å². The van der Waals surface area contributed by atoms with Crippen LogP contribution in [0.4, 0.5) is 10.1 Å². The molecule has 0 fully saturated rings. The van der Waals surface area contributed by atoms with Crippen molar-refractivity contribution < 1.29 is 9.18 Å². The normalized spacial score (nSPS) is 12.5. The zero-order valence-electron chi connectivity index (χ0n) is 11.0. The highest BCUT2D eigenvalue weighted by Crippen LogP contribution is 2.12. The largest absolute Gasteiger partial charge is 0.399 e. The first-order valence-corrected chi connectivity index (χ1v) is 5.90. The highest BCUT2D eigenvalue weighted by atomic mass is 19.1. The molecule has 0 spiro atoms. The first-order chi connectivity index (χ1) is 8.40. The number of carbonyl (C=O) groups excluding carboxylic acids is 1. The van der Waals surface area contributed by atoms with Gasteiger partial charge in [-0.25, -0.2) is 4.39 Å². The second-order valence-corrected chi connectivity index (χ2v) is 4.71. The number of benzene rings is 1. The van der Waals surface area contributed by atoms with Crippen molar-refractivity contribution in [3.8, 4) is 0 Å². The molecule has 5 heteroatoms. The van der Waals surface area contributed by atoms with Crippen LogP contribution < -0.4 is 11.1 Å². The molecule has 0 aliphatic rings. The van der Waals surface area contributed by atoms with Crippen molar-refractivity contribution in [2.24, 2.45) is 0 Å². The number of nitrogens with two attached hydrogens (primary N) is 1. The number of nitrogen functional groups attached to an aromatic ring is 1. The van der Waals surface area contributed by atoms with Crippen molar-refractivity contribution in [2.45, 2.75) is 19.4 Å². The van der Waals surface area contributed by atoms with E-state index in [0.717, 1.165) is 19.0 Å². The summed E-state index contributed by atoms with van der Waals surface area (Å²) < 4.78 is 13.5. The highest BCUT2D eigenvalue weighted by Gasteiger charge is 2.14. The van der Waals surface area contributed by atoms with Crippen LogP contribution in [0.2, 0.25) is 0 Å². The van der Waals surface area contributed by atoms with E-state index in [4.69, 9.17) is 5.73 Å². The third-order valence-electron chi connectivity index (χ3n) is 2.62. The van der Waals surface area contributed by atoms with E-state index in [2.05, 4.69) is 5.32 Å². The fourth-order valence-electron chi connectivity index (χ4n) is 1.54. The molecule has 0 radical (unpaired) electrons. The Balaban J connectivity index is 2.59. The van der Waals surface area contributed by atoms with E-state index in [1.165, 1.54) is 12.1 Å². The van der Waals surface area contributed by atoms with Gasteiger partial charge in [0.15, 0.2) is 0 Å². The minimum atomic E-state index is -0.590. The van der Waals surface area contributed by atoms with E-state index in [1.807, 2.05) is 25.9 Å². The molecule has 0 heterocycles. The molecule has 0 bridgehead atoms. The van der Waals surface area contributed by atoms with Crippen LogP contribution in [-0.4, -0.2) is 37.5 Å². The second kappa shape index (κ2) is 6.35. The van der Waals surface area contributed by atoms with Crippen LogP contribution in [0.1, 0.15) is 23.7 Å². The number of rotatable bonds is 5. The average Bonchev–Trinajstić information content (AvgIpc) is 2.26. The quantitative estimate of drug-likeness (QED) is 0.781. The van der Waals surface area contributed by atoms with Crippen LogP contribution in [-0.2, 0) is 0 Å². The van der Waals surface area contributed by atoms with Gasteiger partial charge in [0.05, 0.1) is 5.56 Å². The molecule has 0 saturated carbocycles. The van der Waals surface area contributed by atoms with Gasteiger partial charge in [0, 0.05) is 11.7 Å². The van der Waals surface area contributed by atoms with E-state index in [0.29, 0.717) is 5.69 Å². The monoisotopic (exact) mass is 253 g/mol. The van der Waals surface area contributed by atoms with Gasteiger partial charge in [-0.05, 0) is 52.2 Å². The lowest BCUT2D eigenvalue weighted by molar-refractivity contribution is 0.0933. The minimum absolute atomic E-state index is 0.00291. The average molecular weight is 253 g/mol. The first-order valence-electron chi connectivity index (χ1n) is 5.90. The van der Waals surface area contributed by atoms with E-state index in [-0.39, 0.29) is 11.6 Å². The van der Waals surface area contributed by atoms with Gasteiger partial charge in [0.1, 0.15) is 5.82 Å². The molecule has 0 saturated heterocycles. The molecule has 4 nitrogen and oxygen atoms in total. The van der Waals surface area contributed by atoms with Gasteiger partial charge in [0.25, 0.3) is 5.91 Å². The van der Waals surface area contributed by atoms with Crippen LogP contribution >= 0.6 is 0 Å². The van der Waals surface area contributed by atoms with Crippen LogP contribution in [0, 0.1) is 5.82 Å². The lowest BCUT2D eigenvalue weighted by atomic mass is 10.1. The number of nitrogens with one attached hydrogen (secondary N) is 1. The SMILES string of the molecule is CC(CCN(C)C)NC(=O)c1ccc(N)cc1F. The number of halogens is 1. The predicted molar refractivity (Wildman–Crippen MR) is 70.9 cm³/mol. The molecule has 1 atom stereocenters. The maximum Gasteiger partial charge on any atom is 0.254 e. The van der Waals surface area contributed by atoms with Crippen molar-refractivity contribution in [2.75, 3.05) is 26.4 Å². The maximum absolute atomic E-state index is 13.5. The predicted octanol–water partition coefficient (Wildman–Crippen LogP) is 1.48. The third-order valence-corrected chi connectivity index (χ3v) is 2.62. The molecule has 1 unspecified atom stereocenters. The Labute approximate surface area is 107 Å². The van der Waals surface area contributed by atoms with Gasteiger partial charge in [-0.2, -0.15) is 0 Å². The molecule has 3 N–H and O–H groups in total. The Bertz CT molecular complexity index is 421. The lowest BCUT2D eigenvalue weighted by Crippen LogP contribution is -2.35. The summed E-state index contributed by atoms with van der Waals surface area (Å²) in [4.78, 5) is 13.9. The summed E-state index contributed by atoms with van der Waals surface area (Å²) >= 11 is 0. The van der Waals surface area contributed by atoms with E-state index < -0.39 is 11.7 Å². The van der Waals surface area contributed by atoms with Crippen LogP contribution in [0.3, 0.4) is 0 Å². The minimum Gasteiger partial charge on any atom is -0.399 e. The Morgan fingerprint density at radius 2 is 2.17 bits per heavy atom. The topological polar surface area (TPSA) is 58.4 Å². The molecule has 0 aliphatic heterocycles. The van der Waals surface area contributed by atoms with Crippen molar-refractivity contribution >= 4 is 11.6 Å². The van der Waals surface area contributed by atoms with Crippen molar-refractivity contribution in [1.29, 1.82) is 0 Å². The Morgan fingerprint density at radius 3 is 2.72 bits per heavy atom. The zero-order chi connectivity index (χ0) is 13.7. The zero-order valence-corrected chi connectivity index (χ0v) is 11.0. The fourth-order valence-corrected chi connectivity index (χ4v) is 1.54. The van der Waals surface area contributed by atoms with E-state index in [1.54, 1.807) is 0 Å². The summed E-state index contributed by atoms with van der Waals surface area (Å²) in [5.74, 6) is -0.994. The standard InChI is InChI=1S/C13H20FN3O/c1-9(6-7-17(2)3)16-13(18)11-5-4-10(15)8-12(11)14/h4-5,8-9H,6-7,15H2,1-3H3,(H,16,18). The summed E-state index contributed by atoms with van der Waals surface area (Å²) in [5, 5.41) is 2.77. The molecular weight excluding hydrogens is 233 g/mol. The van der Waals surface area contributed by atoms with Gasteiger partial charge in [0.2, 0.25) is 0 Å². The molecular formula is C13H20FN3O. The molecule has 1 aromatic carbocycles. The number of hydrogen-bond donors (Lipinski definition) is 2. The molecule has 1 amide bonds. The van der Waals surface area contributed by atoms with Crippen molar-refractivity contribution in [3.05, 3.63) is 29.6 Å². The number of carbonyl (C=O) groups is 1. The number of nitrogens with zero attached hydrogens (tertiary/aromatic N) is 1. The van der Waals surface area contributed by atoms with Gasteiger partial charge in [-0.1, -0.05) is 0 Å². The summed E-state index contributed by atoms with van der Waals surface area (Å²) in [7, 11) is 3.93. The van der Waals surface area contributed by atoms with Gasteiger partial charge < -0.3 is 16.0 Å². The van der Waals surface area contributed by atoms with Gasteiger partial charge in [-0.15, -0.1) is 0 Å². The summed E-state index contributed by atoms with van der Waals surface area (Å²) in [6.07, 6.45) is 0.815. The molecule has 0 aliphatic carbocycles. The Kier molecular flexibility index (Phi) is 5.09. The van der Waals surface area contributed by atoms with Crippen LogP contribution in [0.15, 0.2) is 18.2 Å². The molecule has 0 aromatic heterocycles. The Morgan fingerprint density at radius 1 is 1.50 bits per heavy atom. The number of anilines is 1. The molecule has 18 heavy (non-hydrogen) atoms. The first kappa shape index (κ1) is 14.4. The van der Waals surface area contributed by atoms with Gasteiger partial charge in [-0.3, -0.25) is 4.79 Å². The maximum atomic E-state index is 13.5. The summed E-state index contributed by atoms with van der Waals surface area (Å²) in [6.45, 7) is 2.77. The fraction of sp³-hybridized carbons (Fsp3) is 0.462. The van der Waals surface area contributed by atoms with E-state index >= 15 is 0 Å². The van der Waals surface area contributed by atoms with Crippen LogP contribution in [0.25, 0.3) is 0 Å². The summed E-state index contributed by atoms with van der Waals surface area (Å²) in [5.41, 5.74) is 5.77. The third kappa shape index (κ3) is 4.33. The van der Waals surface area contributed by atoms with Crippen molar-refractivity contribution in [3.63, 3.8) is 0 Å². The smallest absolute Gasteiger partial charge is 0.254 e. The summed E-state index contributed by atoms with van der Waals surface area (Å²) in [6, 6.07) is 4.07. The van der Waals surface area contributed by atoms with Gasteiger partial charge >= 0.3 is 0 Å². The second-order valence-electron chi connectivity index (χ2n) is 4.71. The number of amides is 1. The number of hydrogen-bond acceptors (Lipinski definition) is 3. The van der Waals surface area contributed by atoms with E-state index in [9.17, 15) is 9.18 Å². The molecule has 1 rings (SSSR count). The molecule has 100 valence electrons. The lowest BCUT2D eigenvalue weighted by Gasteiger charge is -2.17. The van der Waals surface area contributed by atoms with Crippen molar-refractivity contribution in [1.82, 2.24) is 10.2 Å². The Hall–Kier alpha value is -1.62. The highest BCUT2D eigenvalue weighted by molar-refractivity contribution is 5.94. The molecule has 1 aromatic rings.